The van der Waals surface area contributed by atoms with Gasteiger partial charge in [0, 0.05) is 56.8 Å². The fourth-order valence-electron chi connectivity index (χ4n) is 5.29. The Hall–Kier alpha value is -3.95. The normalized spacial score (nSPS) is 14.8. The molecule has 4 aromatic heterocycles. The lowest BCUT2D eigenvalue weighted by Gasteiger charge is -2.26. The Labute approximate surface area is 230 Å². The Bertz CT molecular complexity index is 1690. The fraction of sp³-hybridized carbons (Fsp3) is 0.267. The molecule has 5 heterocycles. The topological polar surface area (TPSA) is 85.8 Å². The number of aryl methyl sites for hydroxylation is 1. The summed E-state index contributed by atoms with van der Waals surface area (Å²) >= 11 is 1.70. The van der Waals surface area contributed by atoms with Crippen LogP contribution in [-0.4, -0.2) is 49.9 Å². The zero-order valence-electron chi connectivity index (χ0n) is 22.1. The monoisotopic (exact) mass is 539 g/mol. The number of aliphatic imine (C=N–C) groups is 1. The first-order chi connectivity index (χ1) is 19.0. The zero-order valence-corrected chi connectivity index (χ0v) is 22.9. The van der Waals surface area contributed by atoms with Gasteiger partial charge in [-0.25, -0.2) is 14.4 Å². The Morgan fingerprint density at radius 3 is 2.77 bits per heavy atom. The molecule has 0 spiro atoms. The van der Waals surface area contributed by atoms with Gasteiger partial charge in [-0.05, 0) is 76.3 Å². The number of likely N-dealkylation sites (tertiary alicyclic amines) is 1. The predicted octanol–water partition coefficient (Wildman–Crippen LogP) is 7.29. The molecule has 0 saturated carbocycles. The van der Waals surface area contributed by atoms with Crippen molar-refractivity contribution >= 4 is 40.3 Å². The molecule has 0 atom stereocenters. The lowest BCUT2D eigenvalue weighted by Crippen LogP contribution is -2.29. The van der Waals surface area contributed by atoms with Gasteiger partial charge in [-0.3, -0.25) is 15.0 Å². The van der Waals surface area contributed by atoms with Crippen molar-refractivity contribution < 1.29 is 4.39 Å². The van der Waals surface area contributed by atoms with E-state index >= 15 is 4.39 Å². The van der Waals surface area contributed by atoms with Gasteiger partial charge in [0.15, 0.2) is 11.6 Å². The molecule has 1 aliphatic heterocycles. The maximum atomic E-state index is 15.3. The van der Waals surface area contributed by atoms with Gasteiger partial charge < -0.3 is 4.98 Å². The molecule has 1 aromatic carbocycles. The molecule has 1 aliphatic rings. The second-order valence-electron chi connectivity index (χ2n) is 9.92. The van der Waals surface area contributed by atoms with E-state index in [1.807, 2.05) is 31.3 Å². The van der Waals surface area contributed by atoms with Gasteiger partial charge in [-0.15, -0.1) is 11.3 Å². The molecule has 2 N–H and O–H groups in total. The first-order valence-electron chi connectivity index (χ1n) is 13.2. The van der Waals surface area contributed by atoms with Crippen LogP contribution < -0.4 is 0 Å². The fourth-order valence-corrected chi connectivity index (χ4v) is 6.23. The molecule has 0 bridgehead atoms. The minimum atomic E-state index is -0.326. The maximum Gasteiger partial charge on any atom is 0.160 e. The third kappa shape index (κ3) is 4.95. The van der Waals surface area contributed by atoms with Crippen molar-refractivity contribution in [2.24, 2.45) is 4.99 Å². The van der Waals surface area contributed by atoms with Gasteiger partial charge >= 0.3 is 0 Å². The lowest BCUT2D eigenvalue weighted by atomic mass is 10.0. The third-order valence-corrected chi connectivity index (χ3v) is 8.26. The molecule has 0 aliphatic carbocycles. The van der Waals surface area contributed by atoms with Crippen molar-refractivity contribution in [2.45, 2.75) is 39.7 Å². The van der Waals surface area contributed by atoms with Crippen molar-refractivity contribution in [3.63, 3.8) is 0 Å². The number of aromatic amines is 2. The molecule has 0 unspecified atom stereocenters. The number of hydrogen-bond donors (Lipinski definition) is 2. The zero-order chi connectivity index (χ0) is 26.9. The second-order valence-corrected chi connectivity index (χ2v) is 11.2. The van der Waals surface area contributed by atoms with Crippen molar-refractivity contribution in [1.29, 1.82) is 0 Å². The van der Waals surface area contributed by atoms with Crippen molar-refractivity contribution in [2.75, 3.05) is 13.1 Å². The summed E-state index contributed by atoms with van der Waals surface area (Å²) in [4.78, 5) is 21.6. The van der Waals surface area contributed by atoms with Crippen molar-refractivity contribution in [3.8, 4) is 22.6 Å². The number of imidazole rings is 1. The van der Waals surface area contributed by atoms with E-state index in [9.17, 15) is 0 Å². The van der Waals surface area contributed by atoms with Crippen LogP contribution in [0.3, 0.4) is 0 Å². The number of halogens is 1. The molecule has 5 aromatic rings. The molecule has 7 nitrogen and oxygen atoms in total. The number of aromatic nitrogens is 5. The predicted molar refractivity (Wildman–Crippen MR) is 157 cm³/mol. The summed E-state index contributed by atoms with van der Waals surface area (Å²) in [5, 5.41) is 8.23. The van der Waals surface area contributed by atoms with E-state index in [1.165, 1.54) is 30.2 Å². The van der Waals surface area contributed by atoms with Crippen LogP contribution in [0, 0.1) is 12.7 Å². The number of H-pyrrole nitrogens is 2. The molecular formula is C30H30FN7S. The highest BCUT2D eigenvalue weighted by molar-refractivity contribution is 7.13. The van der Waals surface area contributed by atoms with Crippen LogP contribution in [0.15, 0.2) is 53.8 Å². The molecule has 1 fully saturated rings. The first-order valence-corrected chi connectivity index (χ1v) is 14.0. The van der Waals surface area contributed by atoms with Crippen LogP contribution >= 0.6 is 11.3 Å². The van der Waals surface area contributed by atoms with Crippen LogP contribution in [0.4, 0.5) is 10.2 Å². The highest BCUT2D eigenvalue weighted by Crippen LogP contribution is 2.37. The average molecular weight is 540 g/mol. The Morgan fingerprint density at radius 1 is 1.18 bits per heavy atom. The average Bonchev–Trinajstić information content (AvgIpc) is 3.68. The van der Waals surface area contributed by atoms with Crippen LogP contribution in [0.2, 0.25) is 0 Å². The standard InChI is InChI=1S/C30H30FN7S/c1-4-21(26-9-8-18(2)39-26)27-29(32-3)35-30(34-27)28-23-13-22(24(31)14-25(23)36-37-28)20-12-19(15-33-16-20)17-38-10-6-5-7-11-38/h4,8-9,12-16H,3,5-7,10-11,17H2,1-2H3,(H,34,35)(H,36,37)/b21-4-. The van der Waals surface area contributed by atoms with Gasteiger partial charge in [0.25, 0.3) is 0 Å². The Balaban J connectivity index is 1.38. The molecule has 0 amide bonds. The summed E-state index contributed by atoms with van der Waals surface area (Å²) < 4.78 is 15.3. The highest BCUT2D eigenvalue weighted by Gasteiger charge is 2.21. The van der Waals surface area contributed by atoms with Crippen LogP contribution in [0.25, 0.3) is 39.1 Å². The molecule has 39 heavy (non-hydrogen) atoms. The van der Waals surface area contributed by atoms with E-state index in [-0.39, 0.29) is 5.82 Å². The summed E-state index contributed by atoms with van der Waals surface area (Å²) in [5.41, 5.74) is 5.18. The lowest BCUT2D eigenvalue weighted by molar-refractivity contribution is 0.220. The Kier molecular flexibility index (Phi) is 6.93. The number of nitrogens with one attached hydrogen (secondary N) is 2. The van der Waals surface area contributed by atoms with Gasteiger partial charge in [-0.1, -0.05) is 12.5 Å². The van der Waals surface area contributed by atoms with Gasteiger partial charge in [0.1, 0.15) is 17.2 Å². The third-order valence-electron chi connectivity index (χ3n) is 7.23. The summed E-state index contributed by atoms with van der Waals surface area (Å²) in [7, 11) is 0. The molecule has 0 radical (unpaired) electrons. The number of thiophene rings is 1. The van der Waals surface area contributed by atoms with Crippen LogP contribution in [0.1, 0.15) is 47.2 Å². The van der Waals surface area contributed by atoms with E-state index in [4.69, 9.17) is 4.98 Å². The highest BCUT2D eigenvalue weighted by atomic mass is 32.1. The summed E-state index contributed by atoms with van der Waals surface area (Å²) in [6.07, 6.45) is 9.36. The van der Waals surface area contributed by atoms with E-state index in [1.54, 1.807) is 17.5 Å². The number of piperidine rings is 1. The molecule has 9 heteroatoms. The summed E-state index contributed by atoms with van der Waals surface area (Å²) in [6, 6.07) is 9.53. The number of nitrogens with zero attached hydrogens (tertiary/aromatic N) is 5. The van der Waals surface area contributed by atoms with Gasteiger partial charge in [0.2, 0.25) is 0 Å². The van der Waals surface area contributed by atoms with Crippen molar-refractivity contribution in [1.82, 2.24) is 30.0 Å². The maximum absolute atomic E-state index is 15.3. The molecule has 1 saturated heterocycles. The molecule has 6 rings (SSSR count). The molecular weight excluding hydrogens is 509 g/mol. The number of fused-ring (bicyclic) bond motifs is 1. The van der Waals surface area contributed by atoms with E-state index < -0.39 is 0 Å². The number of benzene rings is 1. The number of pyridine rings is 1. The van der Waals surface area contributed by atoms with Crippen LogP contribution in [-0.2, 0) is 6.54 Å². The number of allylic oxidation sites excluding steroid dienone is 1. The van der Waals surface area contributed by atoms with E-state index in [0.29, 0.717) is 34.1 Å². The van der Waals surface area contributed by atoms with Gasteiger partial charge in [0.05, 0.1) is 5.52 Å². The van der Waals surface area contributed by atoms with Gasteiger partial charge in [-0.2, -0.15) is 5.10 Å². The largest absolute Gasteiger partial charge is 0.321 e. The molecule has 198 valence electrons. The smallest absolute Gasteiger partial charge is 0.160 e. The van der Waals surface area contributed by atoms with Crippen molar-refractivity contribution in [3.05, 3.63) is 75.6 Å². The minimum Gasteiger partial charge on any atom is -0.321 e. The quantitative estimate of drug-likeness (QED) is 0.213. The Morgan fingerprint density at radius 2 is 2.03 bits per heavy atom. The van der Waals surface area contributed by atoms with E-state index in [2.05, 4.69) is 55.8 Å². The second kappa shape index (κ2) is 10.7. The number of hydrogen-bond acceptors (Lipinski definition) is 6. The first kappa shape index (κ1) is 25.3. The SMILES string of the molecule is C=Nc1[nH]c(-c2n[nH]c3cc(F)c(-c4cncc(CN5CCCCC5)c4)cc23)nc1/C(=C\C)c1ccc(C)s1. The van der Waals surface area contributed by atoms with Crippen LogP contribution in [0.5, 0.6) is 0 Å². The van der Waals surface area contributed by atoms with E-state index in [0.717, 1.165) is 46.6 Å². The minimum absolute atomic E-state index is 0.326. The summed E-state index contributed by atoms with van der Waals surface area (Å²) in [6.45, 7) is 10.8. The number of rotatable bonds is 7. The summed E-state index contributed by atoms with van der Waals surface area (Å²) in [5.74, 6) is 0.783.